The number of hydrogen-bond donors (Lipinski definition) is 2. The molecule has 0 fully saturated rings. The van der Waals surface area contributed by atoms with E-state index in [1.165, 1.54) is 21.2 Å². The molecule has 0 saturated heterocycles. The van der Waals surface area contributed by atoms with Gasteiger partial charge in [0.2, 0.25) is 0 Å². The molecule has 0 saturated carbocycles. The molecule has 2 N–H and O–H groups in total. The number of nitrogens with zero attached hydrogens (tertiary/aromatic N) is 2. The molecule has 2 aromatic carbocycles. The van der Waals surface area contributed by atoms with Gasteiger partial charge in [0.05, 0.1) is 11.1 Å². The number of aliphatic imine (C=N–C) groups is 1. The molecule has 0 aliphatic heterocycles. The van der Waals surface area contributed by atoms with Crippen LogP contribution in [-0.2, 0) is 27.3 Å². The quantitative estimate of drug-likeness (QED) is 0.291. The maximum Gasteiger partial charge on any atom is 0.416 e. The second-order valence-electron chi connectivity index (χ2n) is 6.46. The Morgan fingerprint density at radius 2 is 1.88 bits per heavy atom. The Kier molecular flexibility index (Phi) is 8.30. The van der Waals surface area contributed by atoms with Crippen molar-refractivity contribution in [1.29, 1.82) is 0 Å². The van der Waals surface area contributed by atoms with Gasteiger partial charge in [-0.25, -0.2) is 9.87 Å². The molecule has 11 heteroatoms. The summed E-state index contributed by atoms with van der Waals surface area (Å²) in [5.41, 5.74) is 2.70. The molecule has 0 unspecified atom stereocenters. The summed E-state index contributed by atoms with van der Waals surface area (Å²) in [5.74, 6) is -1.63. The van der Waals surface area contributed by atoms with Gasteiger partial charge in [-0.1, -0.05) is 23.4 Å². The van der Waals surface area contributed by atoms with Crippen LogP contribution in [0.5, 0.6) is 0 Å². The highest BCUT2D eigenvalue weighted by Crippen LogP contribution is 2.30. The van der Waals surface area contributed by atoms with Gasteiger partial charge in [-0.2, -0.15) is 13.2 Å². The highest BCUT2D eigenvalue weighted by molar-refractivity contribution is 6.45. The Hall–Kier alpha value is -3.47. The fourth-order valence-electron chi connectivity index (χ4n) is 2.82. The molecular formula is C21H22F4N4O3. The first-order chi connectivity index (χ1) is 15.1. The summed E-state index contributed by atoms with van der Waals surface area (Å²) in [5, 5.41) is 6.23. The van der Waals surface area contributed by atoms with E-state index in [0.29, 0.717) is 29.3 Å². The van der Waals surface area contributed by atoms with Crippen molar-refractivity contribution in [3.05, 3.63) is 70.0 Å². The zero-order chi connectivity index (χ0) is 23.9. The third-order valence-corrected chi connectivity index (χ3v) is 4.45. The van der Waals surface area contributed by atoms with E-state index in [4.69, 9.17) is 9.68 Å². The molecule has 0 aliphatic rings. The van der Waals surface area contributed by atoms with Crippen molar-refractivity contribution < 1.29 is 32.0 Å². The molecule has 0 bridgehead atoms. The van der Waals surface area contributed by atoms with E-state index in [9.17, 15) is 22.4 Å². The molecule has 1 amide bonds. The first-order valence-electron chi connectivity index (χ1n) is 9.27. The van der Waals surface area contributed by atoms with Crippen molar-refractivity contribution in [3.63, 3.8) is 0 Å². The van der Waals surface area contributed by atoms with Crippen LogP contribution in [0.1, 0.15) is 27.8 Å². The van der Waals surface area contributed by atoms with Gasteiger partial charge in [-0.05, 0) is 36.2 Å². The number of amidine groups is 1. The fourth-order valence-corrected chi connectivity index (χ4v) is 2.82. The largest absolute Gasteiger partial charge is 0.416 e. The molecule has 0 aliphatic carbocycles. The molecule has 172 valence electrons. The summed E-state index contributed by atoms with van der Waals surface area (Å²) >= 11 is 0. The van der Waals surface area contributed by atoms with Gasteiger partial charge in [-0.3, -0.25) is 14.6 Å². The number of carbonyl (C=O) groups excluding carboxylic acids is 1. The van der Waals surface area contributed by atoms with Crippen LogP contribution in [-0.4, -0.2) is 38.7 Å². The third kappa shape index (κ3) is 5.82. The fraction of sp³-hybridized carbons (Fsp3) is 0.286. The number of aryl methyl sites for hydroxylation is 1. The Labute approximate surface area is 182 Å². The predicted molar refractivity (Wildman–Crippen MR) is 111 cm³/mol. The van der Waals surface area contributed by atoms with E-state index in [1.807, 2.05) is 0 Å². The average molecular weight is 454 g/mol. The van der Waals surface area contributed by atoms with Crippen LogP contribution in [0, 0.1) is 12.7 Å². The third-order valence-electron chi connectivity index (χ3n) is 4.45. The number of benzene rings is 2. The molecular weight excluding hydrogens is 432 g/mol. The van der Waals surface area contributed by atoms with E-state index in [0.717, 1.165) is 5.56 Å². The lowest BCUT2D eigenvalue weighted by Crippen LogP contribution is -2.30. The maximum absolute atomic E-state index is 14.2. The zero-order valence-corrected chi connectivity index (χ0v) is 17.8. The minimum Gasteiger partial charge on any atom is -0.398 e. The van der Waals surface area contributed by atoms with Crippen LogP contribution in [0.25, 0.3) is 0 Å². The van der Waals surface area contributed by atoms with Gasteiger partial charge in [0.25, 0.3) is 5.91 Å². The Morgan fingerprint density at radius 3 is 2.47 bits per heavy atom. The number of alkyl halides is 3. The highest BCUT2D eigenvalue weighted by Gasteiger charge is 2.31. The van der Waals surface area contributed by atoms with Crippen LogP contribution >= 0.6 is 0 Å². The number of rotatable bonds is 7. The molecule has 0 heterocycles. The molecule has 0 radical (unpaired) electrons. The molecule has 2 aromatic rings. The maximum atomic E-state index is 14.2. The minimum absolute atomic E-state index is 0.00519. The minimum atomic E-state index is -4.64. The number of nitrogens with one attached hydrogen (secondary N) is 2. The zero-order valence-electron chi connectivity index (χ0n) is 17.8. The van der Waals surface area contributed by atoms with E-state index in [2.05, 4.69) is 20.9 Å². The van der Waals surface area contributed by atoms with Crippen LogP contribution in [0.3, 0.4) is 0 Å². The van der Waals surface area contributed by atoms with Gasteiger partial charge >= 0.3 is 6.18 Å². The summed E-state index contributed by atoms with van der Waals surface area (Å²) in [4.78, 5) is 26.2. The van der Waals surface area contributed by atoms with Crippen molar-refractivity contribution in [1.82, 2.24) is 10.8 Å². The first kappa shape index (κ1) is 24.8. The second-order valence-corrected chi connectivity index (χ2v) is 6.46. The van der Waals surface area contributed by atoms with Crippen molar-refractivity contribution in [3.8, 4) is 0 Å². The number of hydrogen-bond acceptors (Lipinski definition) is 5. The number of oxime groups is 1. The second kappa shape index (κ2) is 10.7. The average Bonchev–Trinajstić information content (AvgIpc) is 2.75. The lowest BCUT2D eigenvalue weighted by atomic mass is 9.98. The first-order valence-corrected chi connectivity index (χ1v) is 9.27. The monoisotopic (exact) mass is 454 g/mol. The Bertz CT molecular complexity index is 1040. The number of carbonyl (C=O) groups is 1. The molecule has 32 heavy (non-hydrogen) atoms. The molecule has 2 rings (SSSR count). The predicted octanol–water partition coefficient (Wildman–Crippen LogP) is 3.35. The summed E-state index contributed by atoms with van der Waals surface area (Å²) in [6, 6.07) is 7.12. The van der Waals surface area contributed by atoms with E-state index < -0.39 is 29.0 Å². The number of hydroxylamine groups is 1. The van der Waals surface area contributed by atoms with Crippen LogP contribution < -0.4 is 10.8 Å². The molecule has 0 spiro atoms. The normalized spacial score (nSPS) is 12.5. The summed E-state index contributed by atoms with van der Waals surface area (Å²) in [6.07, 6.45) is -4.64. The van der Waals surface area contributed by atoms with E-state index >= 15 is 0 Å². The number of halogens is 4. The van der Waals surface area contributed by atoms with Crippen LogP contribution in [0.4, 0.5) is 17.6 Å². The standard InChI is InChI=1S/C21H22F4N4O3/c1-12-6-5-7-14(18(28-31-4)20(30)27-3)16(12)11-32-29-19(26-2)15-10-13(21(23,24)25)8-9-17(15)22/h5-10H,11H2,1-4H3,(H,26,29)(H,27,30)/b28-18+. The van der Waals surface area contributed by atoms with Crippen molar-refractivity contribution in [2.75, 3.05) is 21.2 Å². The smallest absolute Gasteiger partial charge is 0.398 e. The van der Waals surface area contributed by atoms with Gasteiger partial charge in [-0.15, -0.1) is 0 Å². The number of amides is 1. The van der Waals surface area contributed by atoms with Crippen LogP contribution in [0.15, 0.2) is 46.5 Å². The Morgan fingerprint density at radius 1 is 1.16 bits per heavy atom. The SMILES string of the molecule is CN=C(NOCc1c(C)cccc1/C(=N\OC)C(=O)NC)c1cc(C(F)(F)F)ccc1F. The van der Waals surface area contributed by atoms with Gasteiger partial charge in [0.15, 0.2) is 11.5 Å². The van der Waals surface area contributed by atoms with E-state index in [1.54, 1.807) is 25.1 Å². The topological polar surface area (TPSA) is 84.3 Å². The van der Waals surface area contributed by atoms with Crippen molar-refractivity contribution in [2.24, 2.45) is 10.1 Å². The lowest BCUT2D eigenvalue weighted by molar-refractivity contribution is -0.137. The van der Waals surface area contributed by atoms with Crippen molar-refractivity contribution in [2.45, 2.75) is 19.7 Å². The van der Waals surface area contributed by atoms with E-state index in [-0.39, 0.29) is 18.2 Å². The van der Waals surface area contributed by atoms with Gasteiger partial charge < -0.3 is 10.2 Å². The summed E-state index contributed by atoms with van der Waals surface area (Å²) in [6.45, 7) is 1.64. The van der Waals surface area contributed by atoms with Gasteiger partial charge in [0.1, 0.15) is 19.5 Å². The molecule has 0 atom stereocenters. The van der Waals surface area contributed by atoms with Gasteiger partial charge in [0, 0.05) is 19.7 Å². The lowest BCUT2D eigenvalue weighted by Gasteiger charge is -2.16. The molecule has 7 nitrogen and oxygen atoms in total. The Balaban J connectivity index is 2.29. The molecule has 0 aromatic heterocycles. The summed E-state index contributed by atoms with van der Waals surface area (Å²) < 4.78 is 53.2. The summed E-state index contributed by atoms with van der Waals surface area (Å²) in [7, 11) is 4.01. The highest BCUT2D eigenvalue weighted by atomic mass is 19.4. The van der Waals surface area contributed by atoms with Crippen LogP contribution in [0.2, 0.25) is 0 Å². The number of likely N-dealkylation sites (N-methyl/N-ethyl adjacent to an activating group) is 1. The van der Waals surface area contributed by atoms with Crippen molar-refractivity contribution >= 4 is 17.5 Å².